The molecule has 3 aliphatic carbocycles. The van der Waals surface area contributed by atoms with Crippen molar-refractivity contribution in [2.75, 3.05) is 18.4 Å². The van der Waals surface area contributed by atoms with E-state index in [0.29, 0.717) is 0 Å². The van der Waals surface area contributed by atoms with Crippen LogP contribution in [0.3, 0.4) is 0 Å². The van der Waals surface area contributed by atoms with Gasteiger partial charge in [0.05, 0.1) is 19.2 Å². The van der Waals surface area contributed by atoms with E-state index in [-0.39, 0.29) is 42.3 Å². The number of carbonyl (C=O) groups is 2. The Balaban J connectivity index is 1.34. The van der Waals surface area contributed by atoms with Crippen molar-refractivity contribution in [3.05, 3.63) is 29.3 Å². The quantitative estimate of drug-likeness (QED) is 0.756. The fourth-order valence-electron chi connectivity index (χ4n) is 5.55. The first-order valence-electron chi connectivity index (χ1n) is 11.2. The fourth-order valence-corrected chi connectivity index (χ4v) is 5.55. The number of rotatable bonds is 5. The molecule has 0 spiro atoms. The molecule has 7 heteroatoms. The molecule has 2 amide bonds. The lowest BCUT2D eigenvalue weighted by Gasteiger charge is -2.53. The SMILES string of the molecule is Cc1ccc(NC(=O)C23CCC(NCC(=O)N4C[C@@H](F)C[C@H]4C#N)(CC2)CC3)c(C)c1. The predicted octanol–water partition coefficient (Wildman–Crippen LogP) is 3.39. The van der Waals surface area contributed by atoms with Crippen LogP contribution in [0.4, 0.5) is 10.1 Å². The first-order chi connectivity index (χ1) is 14.8. The number of amides is 2. The van der Waals surface area contributed by atoms with Crippen LogP contribution in [-0.4, -0.2) is 47.6 Å². The zero-order valence-electron chi connectivity index (χ0n) is 18.3. The molecule has 1 heterocycles. The second kappa shape index (κ2) is 8.23. The third-order valence-electron chi connectivity index (χ3n) is 7.69. The number of nitrogens with one attached hydrogen (secondary N) is 2. The Morgan fingerprint density at radius 1 is 1.19 bits per heavy atom. The number of carbonyl (C=O) groups excluding carboxylic acids is 2. The lowest BCUT2D eigenvalue weighted by molar-refractivity contribution is -0.135. The van der Waals surface area contributed by atoms with Crippen molar-refractivity contribution in [3.63, 3.8) is 0 Å². The number of aryl methyl sites for hydroxylation is 2. The van der Waals surface area contributed by atoms with Crippen LogP contribution < -0.4 is 10.6 Å². The maximum absolute atomic E-state index is 13.6. The smallest absolute Gasteiger partial charge is 0.237 e. The number of fused-ring (bicyclic) bond motifs is 3. The van der Waals surface area contributed by atoms with E-state index in [0.717, 1.165) is 49.8 Å². The third kappa shape index (κ3) is 4.18. The van der Waals surface area contributed by atoms with E-state index in [4.69, 9.17) is 0 Å². The Bertz CT molecular complexity index is 900. The monoisotopic (exact) mass is 426 g/mol. The van der Waals surface area contributed by atoms with Gasteiger partial charge in [0.2, 0.25) is 11.8 Å². The van der Waals surface area contributed by atoms with Crippen LogP contribution in [0.15, 0.2) is 18.2 Å². The number of nitrogens with zero attached hydrogens (tertiary/aromatic N) is 2. The van der Waals surface area contributed by atoms with Crippen LogP contribution in [0.2, 0.25) is 0 Å². The van der Waals surface area contributed by atoms with E-state index < -0.39 is 12.2 Å². The first-order valence-corrected chi connectivity index (χ1v) is 11.2. The largest absolute Gasteiger partial charge is 0.325 e. The number of halogens is 1. The summed E-state index contributed by atoms with van der Waals surface area (Å²) in [5.74, 6) is -0.108. The van der Waals surface area contributed by atoms with E-state index in [2.05, 4.69) is 16.7 Å². The van der Waals surface area contributed by atoms with Gasteiger partial charge in [0.25, 0.3) is 0 Å². The van der Waals surface area contributed by atoms with Gasteiger partial charge in [-0.2, -0.15) is 5.26 Å². The number of anilines is 1. The fraction of sp³-hybridized carbons (Fsp3) is 0.625. The summed E-state index contributed by atoms with van der Waals surface area (Å²) in [6.45, 7) is 4.17. The van der Waals surface area contributed by atoms with Crippen LogP contribution in [0, 0.1) is 30.6 Å². The minimum Gasteiger partial charge on any atom is -0.325 e. The number of nitriles is 1. The average molecular weight is 427 g/mol. The highest BCUT2D eigenvalue weighted by molar-refractivity contribution is 5.96. The molecule has 166 valence electrons. The molecular weight excluding hydrogens is 395 g/mol. The van der Waals surface area contributed by atoms with Crippen LogP contribution in [-0.2, 0) is 9.59 Å². The average Bonchev–Trinajstić information content (AvgIpc) is 3.16. The highest BCUT2D eigenvalue weighted by Crippen LogP contribution is 2.52. The van der Waals surface area contributed by atoms with Crippen LogP contribution in [0.25, 0.3) is 0 Å². The molecule has 2 bridgehead atoms. The van der Waals surface area contributed by atoms with E-state index in [9.17, 15) is 19.2 Å². The number of benzene rings is 1. The molecule has 1 aromatic carbocycles. The summed E-state index contributed by atoms with van der Waals surface area (Å²) in [4.78, 5) is 27.1. The number of hydrogen-bond donors (Lipinski definition) is 2. The molecule has 5 rings (SSSR count). The van der Waals surface area contributed by atoms with Crippen LogP contribution in [0.1, 0.15) is 56.1 Å². The molecule has 1 aromatic rings. The van der Waals surface area contributed by atoms with Gasteiger partial charge in [0.15, 0.2) is 0 Å². The van der Waals surface area contributed by atoms with E-state index in [1.807, 2.05) is 32.0 Å². The second-order valence-electron chi connectivity index (χ2n) is 9.71. The molecule has 0 aromatic heterocycles. The maximum Gasteiger partial charge on any atom is 0.237 e. The van der Waals surface area contributed by atoms with Crippen molar-refractivity contribution in [2.45, 2.75) is 76.5 Å². The molecule has 2 N–H and O–H groups in total. The molecule has 0 unspecified atom stereocenters. The van der Waals surface area contributed by atoms with Gasteiger partial charge in [0.1, 0.15) is 12.2 Å². The van der Waals surface area contributed by atoms with Crippen LogP contribution in [0.5, 0.6) is 0 Å². The van der Waals surface area contributed by atoms with Gasteiger partial charge < -0.3 is 15.5 Å². The van der Waals surface area contributed by atoms with E-state index >= 15 is 0 Å². The standard InChI is InChI=1S/C24H31FN4O2/c1-16-3-4-20(17(2)11-16)28-22(31)23-5-8-24(9-6-23,10-7-23)27-14-21(30)29-15-18(25)12-19(29)13-26/h3-4,11,18-19,27H,5-10,12,14-15H2,1-2H3,(H,28,31)/t18-,19-,23?,24?/m0/s1. The van der Waals surface area contributed by atoms with Gasteiger partial charge in [-0.3, -0.25) is 9.59 Å². The van der Waals surface area contributed by atoms with Crippen molar-refractivity contribution in [3.8, 4) is 6.07 Å². The van der Waals surface area contributed by atoms with Crippen molar-refractivity contribution in [2.24, 2.45) is 5.41 Å². The van der Waals surface area contributed by atoms with Gasteiger partial charge in [-0.05, 0) is 64.0 Å². The summed E-state index contributed by atoms with van der Waals surface area (Å²) < 4.78 is 13.6. The summed E-state index contributed by atoms with van der Waals surface area (Å²) in [6, 6.07) is 7.42. The topological polar surface area (TPSA) is 85.2 Å². The first kappa shape index (κ1) is 21.8. The van der Waals surface area contributed by atoms with Crippen molar-refractivity contribution < 1.29 is 14.0 Å². The van der Waals surface area contributed by atoms with Crippen molar-refractivity contribution in [1.82, 2.24) is 10.2 Å². The summed E-state index contributed by atoms with van der Waals surface area (Å²) in [6.07, 6.45) is 3.89. The number of likely N-dealkylation sites (tertiary alicyclic amines) is 1. The van der Waals surface area contributed by atoms with E-state index in [1.165, 1.54) is 10.5 Å². The molecule has 1 saturated heterocycles. The molecule has 2 atom stereocenters. The van der Waals surface area contributed by atoms with Gasteiger partial charge in [-0.25, -0.2) is 4.39 Å². The summed E-state index contributed by atoms with van der Waals surface area (Å²) in [5, 5.41) is 15.7. The Morgan fingerprint density at radius 2 is 1.87 bits per heavy atom. The zero-order valence-corrected chi connectivity index (χ0v) is 18.3. The van der Waals surface area contributed by atoms with Crippen molar-refractivity contribution in [1.29, 1.82) is 5.26 Å². The molecule has 1 aliphatic heterocycles. The summed E-state index contributed by atoms with van der Waals surface area (Å²) in [5.41, 5.74) is 2.63. The van der Waals surface area contributed by atoms with E-state index in [1.54, 1.807) is 0 Å². The van der Waals surface area contributed by atoms with Gasteiger partial charge >= 0.3 is 0 Å². The minimum absolute atomic E-state index is 0.00739. The summed E-state index contributed by atoms with van der Waals surface area (Å²) in [7, 11) is 0. The molecule has 4 fully saturated rings. The third-order valence-corrected chi connectivity index (χ3v) is 7.69. The van der Waals surface area contributed by atoms with Gasteiger partial charge in [0, 0.05) is 23.1 Å². The molecular formula is C24H31FN4O2. The molecule has 31 heavy (non-hydrogen) atoms. The predicted molar refractivity (Wildman–Crippen MR) is 116 cm³/mol. The normalized spacial score (nSPS) is 32.0. The lowest BCUT2D eigenvalue weighted by Crippen LogP contribution is -2.59. The van der Waals surface area contributed by atoms with Gasteiger partial charge in [-0.1, -0.05) is 17.7 Å². The van der Waals surface area contributed by atoms with Gasteiger partial charge in [-0.15, -0.1) is 0 Å². The number of alkyl halides is 1. The zero-order chi connectivity index (χ0) is 22.2. The van der Waals surface area contributed by atoms with Crippen molar-refractivity contribution >= 4 is 17.5 Å². The van der Waals surface area contributed by atoms with Crippen LogP contribution >= 0.6 is 0 Å². The highest BCUT2D eigenvalue weighted by atomic mass is 19.1. The molecule has 6 nitrogen and oxygen atoms in total. The Kier molecular flexibility index (Phi) is 5.78. The Morgan fingerprint density at radius 3 is 2.48 bits per heavy atom. The number of hydrogen-bond acceptors (Lipinski definition) is 4. The highest BCUT2D eigenvalue weighted by Gasteiger charge is 2.52. The lowest BCUT2D eigenvalue weighted by atomic mass is 9.57. The maximum atomic E-state index is 13.6. The molecule has 3 saturated carbocycles. The summed E-state index contributed by atoms with van der Waals surface area (Å²) >= 11 is 0. The Labute approximate surface area is 183 Å². The molecule has 0 radical (unpaired) electrons. The second-order valence-corrected chi connectivity index (χ2v) is 9.71. The minimum atomic E-state index is -1.12. The molecule has 4 aliphatic rings. The Hall–Kier alpha value is -2.46.